The van der Waals surface area contributed by atoms with Crippen LogP contribution < -0.4 is 0 Å². The van der Waals surface area contributed by atoms with Gasteiger partial charge in [0, 0.05) is 25.7 Å². The summed E-state index contributed by atoms with van der Waals surface area (Å²) in [5, 5.41) is 10.6. The molecule has 17 nitrogen and oxygen atoms in total. The third-order valence-electron chi connectivity index (χ3n) is 18.9. The van der Waals surface area contributed by atoms with Gasteiger partial charge in [0.25, 0.3) is 0 Å². The fraction of sp³-hybridized carbons (Fsp3) is 0.951. The van der Waals surface area contributed by atoms with Gasteiger partial charge in [-0.25, -0.2) is 9.13 Å². The van der Waals surface area contributed by atoms with Crippen LogP contribution in [-0.2, 0) is 65.4 Å². The Morgan fingerprint density at radius 2 is 0.460 bits per heavy atom. The van der Waals surface area contributed by atoms with Crippen molar-refractivity contribution in [3.8, 4) is 0 Å². The van der Waals surface area contributed by atoms with Crippen LogP contribution in [0.25, 0.3) is 0 Å². The topological polar surface area (TPSA) is 237 Å². The monoisotopic (exact) mass is 1470 g/mol. The van der Waals surface area contributed by atoms with E-state index in [0.717, 1.165) is 108 Å². The summed E-state index contributed by atoms with van der Waals surface area (Å²) in [6.07, 6.45) is 59.7. The second-order valence-corrected chi connectivity index (χ2v) is 33.5. The summed E-state index contributed by atoms with van der Waals surface area (Å²) >= 11 is 0. The maximum Gasteiger partial charge on any atom is 0.472 e. The van der Waals surface area contributed by atoms with E-state index in [2.05, 4.69) is 48.5 Å². The van der Waals surface area contributed by atoms with Crippen molar-refractivity contribution in [3.63, 3.8) is 0 Å². The fourth-order valence-electron chi connectivity index (χ4n) is 12.5. The Morgan fingerprint density at radius 3 is 0.680 bits per heavy atom. The molecule has 0 spiro atoms. The van der Waals surface area contributed by atoms with Crippen molar-refractivity contribution < 1.29 is 80.2 Å². The first-order valence-electron chi connectivity index (χ1n) is 41.8. The van der Waals surface area contributed by atoms with Crippen LogP contribution in [0.1, 0.15) is 421 Å². The van der Waals surface area contributed by atoms with Crippen LogP contribution in [0.2, 0.25) is 0 Å². The first-order chi connectivity index (χ1) is 48.2. The molecule has 0 bridgehead atoms. The first-order valence-corrected chi connectivity index (χ1v) is 44.8. The number of phosphoric ester groups is 2. The molecule has 0 aliphatic heterocycles. The normalized spacial score (nSPS) is 14.0. The van der Waals surface area contributed by atoms with E-state index >= 15 is 0 Å². The lowest BCUT2D eigenvalue weighted by Gasteiger charge is -2.21. The molecule has 0 amide bonds. The van der Waals surface area contributed by atoms with Crippen molar-refractivity contribution in [2.45, 2.75) is 439 Å². The van der Waals surface area contributed by atoms with Crippen LogP contribution in [-0.4, -0.2) is 96.7 Å². The summed E-state index contributed by atoms with van der Waals surface area (Å²) in [6, 6.07) is 0. The largest absolute Gasteiger partial charge is 0.472 e. The van der Waals surface area contributed by atoms with Crippen LogP contribution in [0.4, 0.5) is 0 Å². The van der Waals surface area contributed by atoms with E-state index in [1.54, 1.807) is 0 Å². The minimum Gasteiger partial charge on any atom is -0.462 e. The van der Waals surface area contributed by atoms with Gasteiger partial charge in [-0.3, -0.25) is 37.3 Å². The summed E-state index contributed by atoms with van der Waals surface area (Å²) < 4.78 is 68.7. The maximum atomic E-state index is 13.1. The highest BCUT2D eigenvalue weighted by atomic mass is 31.2. The Bertz CT molecular complexity index is 1940. The Kier molecular flexibility index (Phi) is 69.9. The molecule has 0 radical (unpaired) electrons. The second kappa shape index (κ2) is 71.3. The first kappa shape index (κ1) is 98.1. The summed E-state index contributed by atoms with van der Waals surface area (Å²) in [5.74, 6) is 0.203. The SMILES string of the molecule is CCCCCCCCCCCCCCCCC(=O)O[C@H](COC(=O)CCCCCCCCCC(C)C)COP(=O)(O)OC[C@H](O)COP(=O)(O)OC[C@@H](COC(=O)CCCCCCCCCCCCCCCCC(C)C)OC(=O)CCCCCCCCCCCCCCCCCCC(C)C. The number of ether oxygens (including phenoxy) is 4. The number of phosphoric acid groups is 2. The van der Waals surface area contributed by atoms with E-state index in [1.807, 2.05) is 0 Å². The van der Waals surface area contributed by atoms with Gasteiger partial charge in [-0.15, -0.1) is 0 Å². The standard InChI is InChI=1S/C81H158O17P2/c1-8-9-10-11-12-13-14-15-24-30-35-42-50-57-64-81(86)98-77(69-92-79(84)63-56-49-44-37-40-47-54-61-74(6)7)71-96-100(89,90)94-67-75(82)66-93-99(87,88)95-70-76(68-91-78(83)62-55-48-41-34-29-25-21-20-23-28-33-39-46-53-60-73(4)5)97-80(85)65-58-51-43-36-31-26-19-17-16-18-22-27-32-38-45-52-59-72(2)3/h72-77,82H,8-71H2,1-7H3,(H,87,88)(H,89,90)/t75-,76-,77-/m1/s1. The zero-order chi connectivity index (χ0) is 73.7. The molecule has 5 atom stereocenters. The highest BCUT2D eigenvalue weighted by molar-refractivity contribution is 7.47. The Morgan fingerprint density at radius 1 is 0.270 bits per heavy atom. The van der Waals surface area contributed by atoms with Gasteiger partial charge in [0.05, 0.1) is 26.4 Å². The predicted octanol–water partition coefficient (Wildman–Crippen LogP) is 24.1. The van der Waals surface area contributed by atoms with Crippen molar-refractivity contribution in [3.05, 3.63) is 0 Å². The Hall–Kier alpha value is -1.94. The van der Waals surface area contributed by atoms with Gasteiger partial charge in [0.1, 0.15) is 19.3 Å². The molecule has 0 heterocycles. The number of aliphatic hydroxyl groups is 1. The van der Waals surface area contributed by atoms with Crippen LogP contribution in [0.15, 0.2) is 0 Å². The Balaban J connectivity index is 5.24. The molecule has 100 heavy (non-hydrogen) atoms. The lowest BCUT2D eigenvalue weighted by molar-refractivity contribution is -0.161. The van der Waals surface area contributed by atoms with E-state index in [9.17, 15) is 43.2 Å². The summed E-state index contributed by atoms with van der Waals surface area (Å²) in [6.45, 7) is 11.9. The van der Waals surface area contributed by atoms with Gasteiger partial charge in [0.2, 0.25) is 0 Å². The molecule has 0 aromatic heterocycles. The molecule has 0 saturated carbocycles. The zero-order valence-electron chi connectivity index (χ0n) is 65.7. The smallest absolute Gasteiger partial charge is 0.462 e. The molecule has 0 aromatic carbocycles. The van der Waals surface area contributed by atoms with Crippen LogP contribution >= 0.6 is 15.6 Å². The molecule has 0 fully saturated rings. The lowest BCUT2D eigenvalue weighted by atomic mass is 10.0. The van der Waals surface area contributed by atoms with Gasteiger partial charge in [-0.2, -0.15) is 0 Å². The van der Waals surface area contributed by atoms with Crippen molar-refractivity contribution in [1.82, 2.24) is 0 Å². The van der Waals surface area contributed by atoms with E-state index in [0.29, 0.717) is 31.6 Å². The van der Waals surface area contributed by atoms with Gasteiger partial charge >= 0.3 is 39.5 Å². The maximum absolute atomic E-state index is 13.1. The number of unbranched alkanes of at least 4 members (excludes halogenated alkanes) is 47. The van der Waals surface area contributed by atoms with Crippen molar-refractivity contribution in [1.29, 1.82) is 0 Å². The van der Waals surface area contributed by atoms with Gasteiger partial charge < -0.3 is 33.8 Å². The van der Waals surface area contributed by atoms with Crippen molar-refractivity contribution in [2.24, 2.45) is 17.8 Å². The Labute approximate surface area is 613 Å². The molecule has 2 unspecified atom stereocenters. The highest BCUT2D eigenvalue weighted by Crippen LogP contribution is 2.45. The average Bonchev–Trinajstić information content (AvgIpc) is 0.913. The van der Waals surface area contributed by atoms with E-state index in [4.69, 9.17) is 37.0 Å². The quantitative estimate of drug-likeness (QED) is 0.0222. The van der Waals surface area contributed by atoms with E-state index in [-0.39, 0.29) is 25.7 Å². The van der Waals surface area contributed by atoms with Crippen LogP contribution in [0.3, 0.4) is 0 Å². The number of rotatable bonds is 79. The minimum absolute atomic E-state index is 0.107. The van der Waals surface area contributed by atoms with E-state index < -0.39 is 97.5 Å². The molecule has 0 saturated heterocycles. The lowest BCUT2D eigenvalue weighted by Crippen LogP contribution is -2.30. The number of esters is 4. The summed E-state index contributed by atoms with van der Waals surface area (Å²) in [7, 11) is -9.92. The number of hydrogen-bond acceptors (Lipinski definition) is 15. The van der Waals surface area contributed by atoms with Crippen LogP contribution in [0.5, 0.6) is 0 Å². The van der Waals surface area contributed by atoms with Gasteiger partial charge in [0.15, 0.2) is 12.2 Å². The third kappa shape index (κ3) is 74.3. The second-order valence-electron chi connectivity index (χ2n) is 30.6. The van der Waals surface area contributed by atoms with Crippen molar-refractivity contribution in [2.75, 3.05) is 39.6 Å². The highest BCUT2D eigenvalue weighted by Gasteiger charge is 2.30. The predicted molar refractivity (Wildman–Crippen MR) is 409 cm³/mol. The fourth-order valence-corrected chi connectivity index (χ4v) is 14.1. The summed E-state index contributed by atoms with van der Waals surface area (Å²) in [5.41, 5.74) is 0. The average molecular weight is 1470 g/mol. The number of carbonyl (C=O) groups is 4. The van der Waals surface area contributed by atoms with Gasteiger partial charge in [-0.1, -0.05) is 370 Å². The minimum atomic E-state index is -4.96. The number of carbonyl (C=O) groups excluding carboxylic acids is 4. The molecule has 0 aromatic rings. The van der Waals surface area contributed by atoms with Crippen LogP contribution in [0, 0.1) is 17.8 Å². The molecule has 0 rings (SSSR count). The van der Waals surface area contributed by atoms with Gasteiger partial charge in [-0.05, 0) is 43.4 Å². The molecule has 0 aliphatic rings. The van der Waals surface area contributed by atoms with Crippen molar-refractivity contribution >= 4 is 39.5 Å². The molecule has 594 valence electrons. The molecular weight excluding hydrogens is 1310 g/mol. The number of aliphatic hydroxyl groups excluding tert-OH is 1. The molecule has 3 N–H and O–H groups in total. The molecule has 19 heteroatoms. The molecule has 0 aliphatic carbocycles. The number of hydrogen-bond donors (Lipinski definition) is 3. The third-order valence-corrected chi connectivity index (χ3v) is 20.8. The molecular formula is C81H158O17P2. The van der Waals surface area contributed by atoms with E-state index in [1.165, 1.54) is 225 Å². The summed E-state index contributed by atoms with van der Waals surface area (Å²) in [4.78, 5) is 73.0. The zero-order valence-corrected chi connectivity index (χ0v) is 67.5.